The highest BCUT2D eigenvalue weighted by Gasteiger charge is 2.23. The van der Waals surface area contributed by atoms with Gasteiger partial charge in [0.25, 0.3) is 5.56 Å². The smallest absolute Gasteiger partial charge is 0.282 e. The maximum Gasteiger partial charge on any atom is 0.282 e. The average Bonchev–Trinajstić information content (AvgIpc) is 3.45. The zero-order valence-electron chi connectivity index (χ0n) is 22.6. The molecule has 212 valence electrons. The largest absolute Gasteiger partial charge is 0.490 e. The van der Waals surface area contributed by atoms with Crippen LogP contribution in [0.4, 0.5) is 0 Å². The molecule has 4 aromatic rings. The number of ether oxygens (including phenoxy) is 4. The van der Waals surface area contributed by atoms with Gasteiger partial charge < -0.3 is 18.9 Å². The van der Waals surface area contributed by atoms with E-state index in [0.717, 1.165) is 62.2 Å². The maximum atomic E-state index is 13.7. The Morgan fingerprint density at radius 1 is 1.07 bits per heavy atom. The number of benzene rings is 3. The standard InChI is InChI=1S/C31H29BrIN3O5/c1-2-38-28-14-20(12-24(33)29(28)39-17-19-8-11-26-27(13-19)41-18-40-26)16-34-36-30(21-6-4-3-5-7-21)35-25-10-9-22(32)15-23(25)31(36)37/h8-16,21H,2-7,17-18H2,1H3. The molecule has 0 unspecified atom stereocenters. The molecule has 1 aliphatic carbocycles. The minimum absolute atomic E-state index is 0.170. The molecule has 2 aliphatic rings. The number of rotatable bonds is 8. The molecule has 10 heteroatoms. The zero-order chi connectivity index (χ0) is 28.3. The van der Waals surface area contributed by atoms with Crippen LogP contribution in [-0.4, -0.2) is 29.3 Å². The van der Waals surface area contributed by atoms with E-state index < -0.39 is 0 Å². The van der Waals surface area contributed by atoms with E-state index in [1.165, 1.54) is 11.1 Å². The van der Waals surface area contributed by atoms with E-state index in [9.17, 15) is 4.79 Å². The second-order valence-electron chi connectivity index (χ2n) is 10.1. The Morgan fingerprint density at radius 2 is 1.90 bits per heavy atom. The molecule has 0 amide bonds. The van der Waals surface area contributed by atoms with Crippen LogP contribution < -0.4 is 24.5 Å². The molecule has 0 radical (unpaired) electrons. The molecular weight excluding hydrogens is 701 g/mol. The molecule has 41 heavy (non-hydrogen) atoms. The van der Waals surface area contributed by atoms with Gasteiger partial charge in [-0.1, -0.05) is 41.3 Å². The Kier molecular flexibility index (Phi) is 8.47. The molecule has 8 nitrogen and oxygen atoms in total. The monoisotopic (exact) mass is 729 g/mol. The fraction of sp³-hybridized carbons (Fsp3) is 0.323. The van der Waals surface area contributed by atoms with E-state index in [4.69, 9.17) is 29.0 Å². The molecule has 1 aliphatic heterocycles. The number of aromatic nitrogens is 2. The van der Waals surface area contributed by atoms with Crippen LogP contribution in [0, 0.1) is 3.57 Å². The van der Waals surface area contributed by atoms with Gasteiger partial charge in [-0.15, -0.1) is 0 Å². The Labute approximate surface area is 259 Å². The first-order chi connectivity index (χ1) is 20.0. The molecule has 1 aromatic heterocycles. The van der Waals surface area contributed by atoms with Gasteiger partial charge in [0, 0.05) is 10.4 Å². The predicted molar refractivity (Wildman–Crippen MR) is 170 cm³/mol. The first kappa shape index (κ1) is 28.0. The summed E-state index contributed by atoms with van der Waals surface area (Å²) in [6, 6.07) is 15.2. The van der Waals surface area contributed by atoms with Gasteiger partial charge in [-0.25, -0.2) is 4.98 Å². The summed E-state index contributed by atoms with van der Waals surface area (Å²) in [7, 11) is 0. The van der Waals surface area contributed by atoms with Gasteiger partial charge in [-0.2, -0.15) is 9.78 Å². The summed E-state index contributed by atoms with van der Waals surface area (Å²) in [6.07, 6.45) is 7.19. The summed E-state index contributed by atoms with van der Waals surface area (Å²) in [5, 5.41) is 5.24. The minimum atomic E-state index is -0.170. The number of nitrogens with zero attached hydrogens (tertiary/aromatic N) is 3. The lowest BCUT2D eigenvalue weighted by atomic mass is 9.88. The van der Waals surface area contributed by atoms with Crippen LogP contribution in [0.5, 0.6) is 23.0 Å². The summed E-state index contributed by atoms with van der Waals surface area (Å²) in [6.45, 7) is 2.99. The molecule has 0 spiro atoms. The molecule has 0 bridgehead atoms. The molecule has 6 rings (SSSR count). The molecule has 0 N–H and O–H groups in total. The molecule has 1 fully saturated rings. The van der Waals surface area contributed by atoms with Gasteiger partial charge in [-0.05, 0) is 95.9 Å². The molecule has 2 heterocycles. The lowest BCUT2D eigenvalue weighted by Crippen LogP contribution is -2.25. The van der Waals surface area contributed by atoms with Crippen LogP contribution in [0.25, 0.3) is 10.9 Å². The SMILES string of the molecule is CCOc1cc(C=Nn2c(C3CCCCC3)nc3ccc(Br)cc3c2=O)cc(I)c1OCc1ccc2c(c1)OCO2. The van der Waals surface area contributed by atoms with Crippen LogP contribution in [0.2, 0.25) is 0 Å². The topological polar surface area (TPSA) is 84.2 Å². The van der Waals surface area contributed by atoms with Crippen molar-refractivity contribution in [2.75, 3.05) is 13.4 Å². The number of halogens is 2. The number of hydrogen-bond acceptors (Lipinski definition) is 7. The summed E-state index contributed by atoms with van der Waals surface area (Å²) in [4.78, 5) is 18.6. The van der Waals surface area contributed by atoms with Gasteiger partial charge in [0.15, 0.2) is 23.0 Å². The van der Waals surface area contributed by atoms with Crippen molar-refractivity contribution in [3.05, 3.63) is 83.9 Å². The van der Waals surface area contributed by atoms with Gasteiger partial charge in [0.2, 0.25) is 6.79 Å². The summed E-state index contributed by atoms with van der Waals surface area (Å²) in [5.74, 6) is 3.65. The van der Waals surface area contributed by atoms with Crippen molar-refractivity contribution >= 4 is 55.6 Å². The molecular formula is C31H29BrIN3O5. The van der Waals surface area contributed by atoms with E-state index in [0.29, 0.717) is 35.6 Å². The Balaban J connectivity index is 1.32. The fourth-order valence-corrected chi connectivity index (χ4v) is 6.42. The number of hydrogen-bond donors (Lipinski definition) is 0. The first-order valence-electron chi connectivity index (χ1n) is 13.7. The molecule has 3 aromatic carbocycles. The third-order valence-corrected chi connectivity index (χ3v) is 8.57. The highest BCUT2D eigenvalue weighted by atomic mass is 127. The van der Waals surface area contributed by atoms with Crippen LogP contribution in [-0.2, 0) is 6.61 Å². The summed E-state index contributed by atoms with van der Waals surface area (Å²) < 4.78 is 26.3. The highest BCUT2D eigenvalue weighted by Crippen LogP contribution is 2.37. The van der Waals surface area contributed by atoms with Crippen LogP contribution >= 0.6 is 38.5 Å². The van der Waals surface area contributed by atoms with E-state index >= 15 is 0 Å². The quantitative estimate of drug-likeness (QED) is 0.139. The fourth-order valence-electron chi connectivity index (χ4n) is 5.28. The minimum Gasteiger partial charge on any atom is -0.490 e. The van der Waals surface area contributed by atoms with Gasteiger partial charge in [0.1, 0.15) is 12.4 Å². The highest BCUT2D eigenvalue weighted by molar-refractivity contribution is 14.1. The molecule has 0 saturated heterocycles. The van der Waals surface area contributed by atoms with Gasteiger partial charge in [0.05, 0.1) is 27.3 Å². The summed E-state index contributed by atoms with van der Waals surface area (Å²) >= 11 is 5.73. The van der Waals surface area contributed by atoms with E-state index in [1.54, 1.807) is 6.21 Å². The van der Waals surface area contributed by atoms with E-state index in [1.807, 2.05) is 55.5 Å². The van der Waals surface area contributed by atoms with Gasteiger partial charge >= 0.3 is 0 Å². The summed E-state index contributed by atoms with van der Waals surface area (Å²) in [5.41, 5.74) is 2.28. The molecule has 1 saturated carbocycles. The van der Waals surface area contributed by atoms with Crippen molar-refractivity contribution in [3.8, 4) is 23.0 Å². The lowest BCUT2D eigenvalue weighted by Gasteiger charge is -2.22. The maximum absolute atomic E-state index is 13.7. The second kappa shape index (κ2) is 12.4. The third kappa shape index (κ3) is 6.08. The Morgan fingerprint density at radius 3 is 2.73 bits per heavy atom. The van der Waals surface area contributed by atoms with E-state index in [-0.39, 0.29) is 18.3 Å². The molecule has 0 atom stereocenters. The normalized spacial score (nSPS) is 15.1. The van der Waals surface area contributed by atoms with Crippen molar-refractivity contribution in [1.82, 2.24) is 9.66 Å². The van der Waals surface area contributed by atoms with Gasteiger partial charge in [-0.3, -0.25) is 4.79 Å². The third-order valence-electron chi connectivity index (χ3n) is 7.28. The predicted octanol–water partition coefficient (Wildman–Crippen LogP) is 7.40. The van der Waals surface area contributed by atoms with Crippen molar-refractivity contribution in [2.24, 2.45) is 5.10 Å². The van der Waals surface area contributed by atoms with Crippen LogP contribution in [0.3, 0.4) is 0 Å². The van der Waals surface area contributed by atoms with Crippen molar-refractivity contribution in [3.63, 3.8) is 0 Å². The zero-order valence-corrected chi connectivity index (χ0v) is 26.3. The van der Waals surface area contributed by atoms with Crippen molar-refractivity contribution < 1.29 is 18.9 Å². The lowest BCUT2D eigenvalue weighted by molar-refractivity contribution is 0.174. The Bertz CT molecular complexity index is 1680. The first-order valence-corrected chi connectivity index (χ1v) is 15.6. The van der Waals surface area contributed by atoms with Crippen molar-refractivity contribution in [1.29, 1.82) is 0 Å². The van der Waals surface area contributed by atoms with Crippen LogP contribution in [0.15, 0.2) is 62.9 Å². The van der Waals surface area contributed by atoms with Crippen LogP contribution in [0.1, 0.15) is 61.9 Å². The second-order valence-corrected chi connectivity index (χ2v) is 12.1. The Hall–Kier alpha value is -3.12. The van der Waals surface area contributed by atoms with Crippen molar-refractivity contribution in [2.45, 2.75) is 51.6 Å². The number of fused-ring (bicyclic) bond motifs is 2. The average molecular weight is 730 g/mol. The van der Waals surface area contributed by atoms with E-state index in [2.05, 4.69) is 38.5 Å².